The quantitative estimate of drug-likeness (QED) is 0.848. The number of likely N-dealkylation sites (N-methyl/N-ethyl adjacent to an activating group) is 2. The van der Waals surface area contributed by atoms with Gasteiger partial charge in [-0.05, 0) is 26.4 Å². The number of anilines is 1. The second kappa shape index (κ2) is 5.05. The van der Waals surface area contributed by atoms with E-state index in [4.69, 9.17) is 0 Å². The Labute approximate surface area is 108 Å². The Hall–Kier alpha value is -0.820. The molecule has 1 aliphatic heterocycles. The van der Waals surface area contributed by atoms with Crippen molar-refractivity contribution in [1.82, 2.24) is 9.88 Å². The van der Waals surface area contributed by atoms with Crippen molar-refractivity contribution in [2.45, 2.75) is 25.1 Å². The molecule has 2 rings (SSSR count). The SMILES string of the molecule is CN(CC1CCCN1C)c1ncc(C(F)(F)F)s1. The minimum absolute atomic E-state index is 0.410. The van der Waals surface area contributed by atoms with Crippen LogP contribution in [0.5, 0.6) is 0 Å². The van der Waals surface area contributed by atoms with Gasteiger partial charge in [-0.1, -0.05) is 11.3 Å². The maximum atomic E-state index is 12.5. The summed E-state index contributed by atoms with van der Waals surface area (Å²) in [5.74, 6) is 0. The molecule has 1 saturated heterocycles. The lowest BCUT2D eigenvalue weighted by Crippen LogP contribution is -2.36. The first-order valence-electron chi connectivity index (χ1n) is 5.82. The third kappa shape index (κ3) is 2.95. The summed E-state index contributed by atoms with van der Waals surface area (Å²) in [5.41, 5.74) is 0. The van der Waals surface area contributed by atoms with Crippen LogP contribution in [0.3, 0.4) is 0 Å². The van der Waals surface area contributed by atoms with Crippen LogP contribution in [0.15, 0.2) is 6.20 Å². The molecule has 7 heteroatoms. The van der Waals surface area contributed by atoms with E-state index < -0.39 is 11.1 Å². The molecule has 1 atom stereocenters. The van der Waals surface area contributed by atoms with Gasteiger partial charge in [0.25, 0.3) is 0 Å². The largest absolute Gasteiger partial charge is 0.427 e. The number of alkyl halides is 3. The lowest BCUT2D eigenvalue weighted by atomic mass is 10.2. The fourth-order valence-corrected chi connectivity index (χ4v) is 2.93. The molecule has 102 valence electrons. The van der Waals surface area contributed by atoms with Gasteiger partial charge >= 0.3 is 6.18 Å². The topological polar surface area (TPSA) is 19.4 Å². The van der Waals surface area contributed by atoms with E-state index in [0.717, 1.165) is 32.1 Å². The highest BCUT2D eigenvalue weighted by molar-refractivity contribution is 7.15. The van der Waals surface area contributed by atoms with Gasteiger partial charge in [0.1, 0.15) is 4.88 Å². The highest BCUT2D eigenvalue weighted by Crippen LogP contribution is 2.36. The minimum atomic E-state index is -4.29. The molecule has 1 unspecified atom stereocenters. The van der Waals surface area contributed by atoms with Gasteiger partial charge in [0.05, 0.1) is 6.20 Å². The van der Waals surface area contributed by atoms with Crippen LogP contribution in [0.1, 0.15) is 17.7 Å². The van der Waals surface area contributed by atoms with Crippen molar-refractivity contribution in [3.05, 3.63) is 11.1 Å². The van der Waals surface area contributed by atoms with E-state index in [1.54, 1.807) is 7.05 Å². The first-order valence-corrected chi connectivity index (χ1v) is 6.64. The summed E-state index contributed by atoms with van der Waals surface area (Å²) in [6.07, 6.45) is -1.13. The van der Waals surface area contributed by atoms with Crippen molar-refractivity contribution in [2.75, 3.05) is 32.1 Å². The van der Waals surface area contributed by atoms with Crippen molar-refractivity contribution in [1.29, 1.82) is 0 Å². The molecule has 3 nitrogen and oxygen atoms in total. The van der Waals surface area contributed by atoms with Crippen LogP contribution in [0.4, 0.5) is 18.3 Å². The number of halogens is 3. The number of hydrogen-bond acceptors (Lipinski definition) is 4. The number of hydrogen-bond donors (Lipinski definition) is 0. The monoisotopic (exact) mass is 279 g/mol. The Kier molecular flexibility index (Phi) is 3.82. The van der Waals surface area contributed by atoms with E-state index in [1.807, 2.05) is 4.90 Å². The second-order valence-electron chi connectivity index (χ2n) is 4.66. The molecule has 0 amide bonds. The van der Waals surface area contributed by atoms with E-state index in [9.17, 15) is 13.2 Å². The Morgan fingerprint density at radius 1 is 1.56 bits per heavy atom. The van der Waals surface area contributed by atoms with Crippen LogP contribution >= 0.6 is 11.3 Å². The van der Waals surface area contributed by atoms with Crippen LogP contribution in [-0.4, -0.2) is 43.1 Å². The molecule has 0 saturated carbocycles. The molecule has 1 fully saturated rings. The van der Waals surface area contributed by atoms with Gasteiger partial charge in [0, 0.05) is 19.6 Å². The maximum absolute atomic E-state index is 12.5. The van der Waals surface area contributed by atoms with Crippen molar-refractivity contribution < 1.29 is 13.2 Å². The predicted molar refractivity (Wildman–Crippen MR) is 66.0 cm³/mol. The zero-order valence-corrected chi connectivity index (χ0v) is 11.2. The van der Waals surface area contributed by atoms with Crippen LogP contribution in [0, 0.1) is 0 Å². The Morgan fingerprint density at radius 3 is 2.78 bits per heavy atom. The molecule has 1 aromatic heterocycles. The lowest BCUT2D eigenvalue weighted by Gasteiger charge is -2.25. The van der Waals surface area contributed by atoms with Crippen LogP contribution in [0.2, 0.25) is 0 Å². The number of thiazole rings is 1. The molecule has 1 aliphatic rings. The van der Waals surface area contributed by atoms with Crippen molar-refractivity contribution >= 4 is 16.5 Å². The zero-order chi connectivity index (χ0) is 13.3. The molecule has 0 bridgehead atoms. The summed E-state index contributed by atoms with van der Waals surface area (Å²) >= 11 is 0.704. The van der Waals surface area contributed by atoms with Gasteiger partial charge < -0.3 is 9.80 Å². The normalized spacial score (nSPS) is 21.5. The smallest absolute Gasteiger partial charge is 0.350 e. The van der Waals surface area contributed by atoms with E-state index >= 15 is 0 Å². The van der Waals surface area contributed by atoms with Crippen molar-refractivity contribution in [3.8, 4) is 0 Å². The van der Waals surface area contributed by atoms with Crippen LogP contribution < -0.4 is 4.90 Å². The van der Waals surface area contributed by atoms with Crippen molar-refractivity contribution in [3.63, 3.8) is 0 Å². The summed E-state index contributed by atoms with van der Waals surface area (Å²) in [6, 6.07) is 0.410. The van der Waals surface area contributed by atoms with Gasteiger partial charge in [-0.3, -0.25) is 0 Å². The fraction of sp³-hybridized carbons (Fsp3) is 0.727. The molecule has 2 heterocycles. The van der Waals surface area contributed by atoms with Crippen LogP contribution in [-0.2, 0) is 6.18 Å². The first-order chi connectivity index (χ1) is 8.38. The zero-order valence-electron chi connectivity index (χ0n) is 10.4. The predicted octanol–water partition coefficient (Wildman–Crippen LogP) is 2.69. The second-order valence-corrected chi connectivity index (χ2v) is 5.67. The molecular formula is C11H16F3N3S. The average Bonchev–Trinajstić information content (AvgIpc) is 2.87. The molecule has 0 aromatic carbocycles. The third-order valence-electron chi connectivity index (χ3n) is 3.26. The number of nitrogens with zero attached hydrogens (tertiary/aromatic N) is 3. The van der Waals surface area contributed by atoms with E-state index in [-0.39, 0.29) is 0 Å². The standard InChI is InChI=1S/C11H16F3N3S/c1-16-5-3-4-8(16)7-17(2)10-15-6-9(18-10)11(12,13)14/h6,8H,3-5,7H2,1-2H3. The van der Waals surface area contributed by atoms with Gasteiger partial charge in [-0.15, -0.1) is 0 Å². The first kappa shape index (κ1) is 13.6. The van der Waals surface area contributed by atoms with Gasteiger partial charge in [-0.2, -0.15) is 13.2 Å². The number of likely N-dealkylation sites (tertiary alicyclic amines) is 1. The molecule has 0 radical (unpaired) electrons. The summed E-state index contributed by atoms with van der Waals surface area (Å²) in [4.78, 5) is 7.28. The maximum Gasteiger partial charge on any atom is 0.427 e. The minimum Gasteiger partial charge on any atom is -0.350 e. The summed E-state index contributed by atoms with van der Waals surface area (Å²) in [7, 11) is 3.85. The highest BCUT2D eigenvalue weighted by Gasteiger charge is 2.34. The summed E-state index contributed by atoms with van der Waals surface area (Å²) in [5, 5.41) is 0.433. The molecule has 0 aliphatic carbocycles. The highest BCUT2D eigenvalue weighted by atomic mass is 32.1. The Morgan fingerprint density at radius 2 is 2.28 bits per heavy atom. The lowest BCUT2D eigenvalue weighted by molar-refractivity contribution is -0.134. The number of rotatable bonds is 3. The number of aromatic nitrogens is 1. The molecule has 1 aromatic rings. The van der Waals surface area contributed by atoms with Crippen LogP contribution in [0.25, 0.3) is 0 Å². The van der Waals surface area contributed by atoms with E-state index in [0.29, 0.717) is 22.5 Å². The summed E-state index contributed by atoms with van der Waals surface area (Å²) < 4.78 is 37.4. The molecule has 0 spiro atoms. The molecule has 18 heavy (non-hydrogen) atoms. The van der Waals surface area contributed by atoms with E-state index in [2.05, 4.69) is 16.9 Å². The van der Waals surface area contributed by atoms with Gasteiger partial charge in [0.2, 0.25) is 0 Å². The summed E-state index contributed by atoms with van der Waals surface area (Å²) in [6.45, 7) is 1.78. The van der Waals surface area contributed by atoms with E-state index in [1.165, 1.54) is 0 Å². The van der Waals surface area contributed by atoms with Gasteiger partial charge in [-0.25, -0.2) is 4.98 Å². The molecular weight excluding hydrogens is 263 g/mol. The van der Waals surface area contributed by atoms with Crippen molar-refractivity contribution in [2.24, 2.45) is 0 Å². The Balaban J connectivity index is 2.00. The fourth-order valence-electron chi connectivity index (χ4n) is 2.18. The Bertz CT molecular complexity index is 404. The molecule has 0 N–H and O–H groups in total. The average molecular weight is 279 g/mol. The van der Waals surface area contributed by atoms with Gasteiger partial charge in [0.15, 0.2) is 5.13 Å². The third-order valence-corrected chi connectivity index (χ3v) is 4.41.